The highest BCUT2D eigenvalue weighted by molar-refractivity contribution is 5.70. The highest BCUT2D eigenvalue weighted by atomic mass is 19.4. The van der Waals surface area contributed by atoms with Gasteiger partial charge in [-0.3, -0.25) is 14.4 Å². The molecule has 1 heterocycles. The van der Waals surface area contributed by atoms with Crippen LogP contribution in [0, 0.1) is 0 Å². The molecule has 0 bridgehead atoms. The Morgan fingerprint density at radius 3 is 2.23 bits per heavy atom. The van der Waals surface area contributed by atoms with Crippen LogP contribution in [0.1, 0.15) is 24.0 Å². The molecule has 4 nitrogen and oxygen atoms in total. The summed E-state index contributed by atoms with van der Waals surface area (Å²) >= 11 is 0. The number of carbonyl (C=O) groups is 1. The molecule has 1 aliphatic heterocycles. The summed E-state index contributed by atoms with van der Waals surface area (Å²) in [4.78, 5) is 12.7. The van der Waals surface area contributed by atoms with Crippen molar-refractivity contribution in [3.63, 3.8) is 0 Å². The lowest BCUT2D eigenvalue weighted by atomic mass is 10.1. The number of hydrogen-bond donors (Lipinski definition) is 1. The Bertz CT molecular complexity index is 494. The second-order valence-electron chi connectivity index (χ2n) is 5.43. The van der Waals surface area contributed by atoms with Gasteiger partial charge in [-0.25, -0.2) is 0 Å². The van der Waals surface area contributed by atoms with Crippen molar-refractivity contribution in [2.75, 3.05) is 13.1 Å². The maximum Gasteiger partial charge on any atom is 0.522 e. The number of aliphatic carboxylic acids is 1. The molecule has 1 aromatic rings. The van der Waals surface area contributed by atoms with E-state index < -0.39 is 18.4 Å². The predicted octanol–water partition coefficient (Wildman–Crippen LogP) is 2.81. The number of nitrogens with zero attached hydrogens (tertiary/aromatic N) is 1. The minimum atomic E-state index is -4.56. The van der Waals surface area contributed by atoms with Gasteiger partial charge in [0.2, 0.25) is 0 Å². The second-order valence-corrected chi connectivity index (χ2v) is 5.43. The summed E-state index contributed by atoms with van der Waals surface area (Å²) in [5.74, 6) is -0.875. The Kier molecular flexibility index (Phi) is 5.42. The summed E-state index contributed by atoms with van der Waals surface area (Å²) in [5, 5.41) is 8.70. The number of benzene rings is 1. The van der Waals surface area contributed by atoms with E-state index >= 15 is 0 Å². The fourth-order valence-electron chi connectivity index (χ4n) is 2.57. The molecule has 0 atom stereocenters. The Morgan fingerprint density at radius 2 is 1.73 bits per heavy atom. The summed E-state index contributed by atoms with van der Waals surface area (Å²) in [5.41, 5.74) is 1.75. The molecule has 0 saturated carbocycles. The van der Waals surface area contributed by atoms with Crippen molar-refractivity contribution in [2.24, 2.45) is 0 Å². The van der Waals surface area contributed by atoms with E-state index in [1.807, 2.05) is 12.1 Å². The van der Waals surface area contributed by atoms with Crippen molar-refractivity contribution in [3.8, 4) is 0 Å². The highest BCUT2D eigenvalue weighted by Gasteiger charge is 2.34. The number of alkyl halides is 3. The second kappa shape index (κ2) is 7.11. The molecule has 0 aromatic heterocycles. The molecular weight excluding hydrogens is 299 g/mol. The topological polar surface area (TPSA) is 49.8 Å². The summed E-state index contributed by atoms with van der Waals surface area (Å²) in [6.45, 7) is 1.75. The van der Waals surface area contributed by atoms with E-state index in [1.165, 1.54) is 0 Å². The standard InChI is InChI=1S/C15H18F3NO3/c16-15(17,18)22-13-5-7-19(8-6-13)10-12-3-1-11(2-4-12)9-14(20)21/h1-4,13H,5-10H2,(H,20,21). The minimum Gasteiger partial charge on any atom is -0.481 e. The number of ether oxygens (including phenoxy) is 1. The number of carboxylic acids is 1. The molecule has 7 heteroatoms. The zero-order valence-electron chi connectivity index (χ0n) is 12.0. The first-order valence-electron chi connectivity index (χ1n) is 7.08. The van der Waals surface area contributed by atoms with Crippen LogP contribution in [-0.4, -0.2) is 41.5 Å². The van der Waals surface area contributed by atoms with Gasteiger partial charge in [-0.05, 0) is 24.0 Å². The number of carboxylic acid groups (broad SMARTS) is 1. The third-order valence-corrected chi connectivity index (χ3v) is 3.62. The minimum absolute atomic E-state index is 0.0134. The highest BCUT2D eigenvalue weighted by Crippen LogP contribution is 2.25. The van der Waals surface area contributed by atoms with Crippen molar-refractivity contribution in [2.45, 2.75) is 38.3 Å². The van der Waals surface area contributed by atoms with Crippen LogP contribution in [-0.2, 0) is 22.5 Å². The van der Waals surface area contributed by atoms with Gasteiger partial charge in [0.15, 0.2) is 0 Å². The lowest BCUT2D eigenvalue weighted by Crippen LogP contribution is -2.38. The quantitative estimate of drug-likeness (QED) is 0.907. The number of halogens is 3. The van der Waals surface area contributed by atoms with E-state index in [2.05, 4.69) is 9.64 Å². The Balaban J connectivity index is 1.79. The van der Waals surface area contributed by atoms with Crippen molar-refractivity contribution in [3.05, 3.63) is 35.4 Å². The average Bonchev–Trinajstić information content (AvgIpc) is 2.41. The van der Waals surface area contributed by atoms with Gasteiger partial charge in [0.1, 0.15) is 0 Å². The van der Waals surface area contributed by atoms with Crippen molar-refractivity contribution >= 4 is 5.97 Å². The summed E-state index contributed by atoms with van der Waals surface area (Å²) in [6, 6.07) is 7.25. The van der Waals surface area contributed by atoms with Gasteiger partial charge in [0, 0.05) is 19.6 Å². The maximum atomic E-state index is 12.1. The lowest BCUT2D eigenvalue weighted by Gasteiger charge is -2.32. The summed E-state index contributed by atoms with van der Waals surface area (Å²) < 4.78 is 40.5. The summed E-state index contributed by atoms with van der Waals surface area (Å²) in [6.07, 6.45) is -4.62. The molecule has 0 unspecified atom stereocenters. The molecule has 1 fully saturated rings. The van der Waals surface area contributed by atoms with Gasteiger partial charge >= 0.3 is 12.3 Å². The molecule has 0 aliphatic carbocycles. The molecular formula is C15H18F3NO3. The number of rotatable bonds is 5. The van der Waals surface area contributed by atoms with Crippen LogP contribution in [0.4, 0.5) is 13.2 Å². The molecule has 1 N–H and O–H groups in total. The van der Waals surface area contributed by atoms with E-state index in [4.69, 9.17) is 5.11 Å². The Hall–Kier alpha value is -1.60. The fraction of sp³-hybridized carbons (Fsp3) is 0.533. The summed E-state index contributed by atoms with van der Waals surface area (Å²) in [7, 11) is 0. The first-order chi connectivity index (χ1) is 10.3. The van der Waals surface area contributed by atoms with Crippen LogP contribution in [0.5, 0.6) is 0 Å². The molecule has 0 amide bonds. The SMILES string of the molecule is O=C(O)Cc1ccc(CN2CCC(OC(F)(F)F)CC2)cc1. The number of hydrogen-bond acceptors (Lipinski definition) is 3. The van der Waals surface area contributed by atoms with Crippen molar-refractivity contribution in [1.82, 2.24) is 4.90 Å². The largest absolute Gasteiger partial charge is 0.522 e. The lowest BCUT2D eigenvalue weighted by molar-refractivity contribution is -0.345. The van der Waals surface area contributed by atoms with Crippen molar-refractivity contribution in [1.29, 1.82) is 0 Å². The monoisotopic (exact) mass is 317 g/mol. The fourth-order valence-corrected chi connectivity index (χ4v) is 2.57. The smallest absolute Gasteiger partial charge is 0.481 e. The van der Waals surface area contributed by atoms with Gasteiger partial charge in [-0.2, -0.15) is 0 Å². The van der Waals surface area contributed by atoms with E-state index in [-0.39, 0.29) is 6.42 Å². The third kappa shape index (κ3) is 5.65. The molecule has 22 heavy (non-hydrogen) atoms. The van der Waals surface area contributed by atoms with E-state index in [1.54, 1.807) is 12.1 Å². The first kappa shape index (κ1) is 16.8. The van der Waals surface area contributed by atoms with E-state index in [9.17, 15) is 18.0 Å². The van der Waals surface area contributed by atoms with Gasteiger partial charge in [-0.15, -0.1) is 13.2 Å². The van der Waals surface area contributed by atoms with E-state index in [0.29, 0.717) is 32.5 Å². The van der Waals surface area contributed by atoms with Crippen LogP contribution < -0.4 is 0 Å². The van der Waals surface area contributed by atoms with E-state index in [0.717, 1.165) is 11.1 Å². The van der Waals surface area contributed by atoms with Crippen molar-refractivity contribution < 1.29 is 27.8 Å². The van der Waals surface area contributed by atoms with Crippen LogP contribution in [0.2, 0.25) is 0 Å². The Labute approximate surface area is 126 Å². The molecule has 1 saturated heterocycles. The molecule has 0 radical (unpaired) electrons. The first-order valence-corrected chi connectivity index (χ1v) is 7.08. The molecule has 0 spiro atoms. The van der Waals surface area contributed by atoms with Gasteiger partial charge in [0.05, 0.1) is 12.5 Å². The van der Waals surface area contributed by atoms with Gasteiger partial charge < -0.3 is 5.11 Å². The Morgan fingerprint density at radius 1 is 1.18 bits per heavy atom. The van der Waals surface area contributed by atoms with Crippen LogP contribution in [0.3, 0.4) is 0 Å². The predicted molar refractivity (Wildman–Crippen MR) is 73.2 cm³/mol. The van der Waals surface area contributed by atoms with Crippen LogP contribution in [0.25, 0.3) is 0 Å². The normalized spacial score (nSPS) is 17.6. The molecule has 122 valence electrons. The zero-order valence-corrected chi connectivity index (χ0v) is 12.0. The van der Waals surface area contributed by atoms with Crippen LogP contribution in [0.15, 0.2) is 24.3 Å². The third-order valence-electron chi connectivity index (χ3n) is 3.62. The maximum absolute atomic E-state index is 12.1. The van der Waals surface area contributed by atoms with Gasteiger partial charge in [0.25, 0.3) is 0 Å². The van der Waals surface area contributed by atoms with Gasteiger partial charge in [-0.1, -0.05) is 24.3 Å². The number of likely N-dealkylation sites (tertiary alicyclic amines) is 1. The molecule has 1 aliphatic rings. The number of piperidine rings is 1. The average molecular weight is 317 g/mol. The molecule has 1 aromatic carbocycles. The molecule has 2 rings (SSSR count). The zero-order chi connectivity index (χ0) is 16.2. The van der Waals surface area contributed by atoms with Crippen LogP contribution >= 0.6 is 0 Å².